The van der Waals surface area contributed by atoms with E-state index in [-0.39, 0.29) is 11.3 Å². The predicted molar refractivity (Wildman–Crippen MR) is 104 cm³/mol. The number of hydrogen-bond donors (Lipinski definition) is 9. The van der Waals surface area contributed by atoms with Crippen molar-refractivity contribution in [2.24, 2.45) is 0 Å². The molecule has 0 amide bonds. The minimum absolute atomic E-state index is 0.130. The van der Waals surface area contributed by atoms with Crippen LogP contribution in [0.2, 0.25) is 0 Å². The Labute approximate surface area is 186 Å². The molecule has 13 heteroatoms. The van der Waals surface area contributed by atoms with E-state index >= 15 is 0 Å². The number of aliphatic hydroxyl groups is 7. The summed E-state index contributed by atoms with van der Waals surface area (Å²) in [5.74, 6) is -4.63. The van der Waals surface area contributed by atoms with Crippen LogP contribution in [0.25, 0.3) is 0 Å². The maximum atomic E-state index is 12.4. The number of aromatic hydroxyl groups is 2. The normalized spacial score (nSPS) is 40.1. The summed E-state index contributed by atoms with van der Waals surface area (Å²) in [6.45, 7) is -0.345. The lowest BCUT2D eigenvalue weighted by atomic mass is 9.86. The molecule has 0 bridgehead atoms. The van der Waals surface area contributed by atoms with Gasteiger partial charge >= 0.3 is 0 Å². The number of phenolic OH excluding ortho intramolecular Hbond substituents is 2. The molecule has 1 aromatic rings. The van der Waals surface area contributed by atoms with Crippen LogP contribution in [0.3, 0.4) is 0 Å². The topological polar surface area (TPSA) is 227 Å². The van der Waals surface area contributed by atoms with E-state index in [1.54, 1.807) is 0 Å². The third kappa shape index (κ3) is 3.39. The summed E-state index contributed by atoms with van der Waals surface area (Å²) in [6, 6.07) is 0. The maximum absolute atomic E-state index is 12.4. The Bertz CT molecular complexity index is 949. The zero-order chi connectivity index (χ0) is 24.4. The van der Waals surface area contributed by atoms with Crippen molar-refractivity contribution in [2.45, 2.75) is 68.0 Å². The number of benzene rings is 1. The van der Waals surface area contributed by atoms with Crippen LogP contribution in [0, 0.1) is 0 Å². The van der Waals surface area contributed by atoms with Crippen LogP contribution >= 0.6 is 0 Å². The first-order valence-corrected chi connectivity index (χ1v) is 10.2. The van der Waals surface area contributed by atoms with Crippen LogP contribution in [-0.4, -0.2) is 113 Å². The van der Waals surface area contributed by atoms with Gasteiger partial charge in [-0.1, -0.05) is 0 Å². The van der Waals surface area contributed by atoms with Crippen LogP contribution in [-0.2, 0) is 15.9 Å². The van der Waals surface area contributed by atoms with E-state index in [0.29, 0.717) is 0 Å². The molecule has 0 unspecified atom stereocenters. The Kier molecular flexibility index (Phi) is 6.05. The number of phenols is 2. The van der Waals surface area contributed by atoms with Crippen molar-refractivity contribution in [1.29, 1.82) is 0 Å². The number of ketones is 1. The van der Waals surface area contributed by atoms with E-state index in [2.05, 4.69) is 0 Å². The average Bonchev–Trinajstić information content (AvgIpc) is 3.26. The highest BCUT2D eigenvalue weighted by Crippen LogP contribution is 2.55. The molecule has 0 saturated carbocycles. The number of Topliss-reactive ketones (excluding diaryl/α,β-unsaturated/α-hetero) is 1. The molecule has 3 aliphatic rings. The predicted octanol–water partition coefficient (Wildman–Crippen LogP) is -3.44. The number of rotatable bonds is 4. The Balaban J connectivity index is 1.85. The molecule has 13 nitrogen and oxygen atoms in total. The number of hydrogen-bond acceptors (Lipinski definition) is 13. The first kappa shape index (κ1) is 24.1. The molecule has 4 rings (SSSR count). The highest BCUT2D eigenvalue weighted by Gasteiger charge is 2.60. The number of aliphatic hydroxyl groups excluding tert-OH is 7. The van der Waals surface area contributed by atoms with E-state index in [1.807, 2.05) is 0 Å². The molecule has 0 aromatic heterocycles. The van der Waals surface area contributed by atoms with Gasteiger partial charge in [-0.15, -0.1) is 0 Å². The summed E-state index contributed by atoms with van der Waals surface area (Å²) in [5.41, 5.74) is -1.09. The smallest absolute Gasteiger partial charge is 0.244 e. The quantitative estimate of drug-likeness (QED) is 0.194. The molecule has 1 spiro atoms. The van der Waals surface area contributed by atoms with Gasteiger partial charge in [0, 0.05) is 12.0 Å². The van der Waals surface area contributed by atoms with Crippen molar-refractivity contribution >= 4 is 5.78 Å². The van der Waals surface area contributed by atoms with Crippen molar-refractivity contribution in [3.8, 4) is 17.2 Å². The largest absolute Gasteiger partial charge is 0.507 e. The van der Waals surface area contributed by atoms with Gasteiger partial charge in [0.05, 0.1) is 18.8 Å². The zero-order valence-electron chi connectivity index (χ0n) is 17.4. The molecule has 9 N–H and O–H groups in total. The third-order valence-corrected chi connectivity index (χ3v) is 6.45. The van der Waals surface area contributed by atoms with Crippen LogP contribution in [0.1, 0.15) is 34.5 Å². The van der Waals surface area contributed by atoms with E-state index in [1.165, 1.54) is 0 Å². The molecular weight excluding hydrogens is 448 g/mol. The second-order valence-electron chi connectivity index (χ2n) is 8.46. The van der Waals surface area contributed by atoms with Gasteiger partial charge in [-0.3, -0.25) is 4.79 Å². The van der Waals surface area contributed by atoms with Gasteiger partial charge in [0.25, 0.3) is 0 Å². The Morgan fingerprint density at radius 3 is 2.12 bits per heavy atom. The van der Waals surface area contributed by atoms with Gasteiger partial charge in [0.1, 0.15) is 71.6 Å². The van der Waals surface area contributed by atoms with Gasteiger partial charge in [0.2, 0.25) is 5.79 Å². The first-order valence-electron chi connectivity index (χ1n) is 10.2. The lowest BCUT2D eigenvalue weighted by Gasteiger charge is -2.40. The molecule has 184 valence electrons. The van der Waals surface area contributed by atoms with Gasteiger partial charge in [0.15, 0.2) is 5.78 Å². The summed E-state index contributed by atoms with van der Waals surface area (Å²) >= 11 is 0. The van der Waals surface area contributed by atoms with Crippen LogP contribution in [0.15, 0.2) is 0 Å². The SMILES string of the molecule is CC(=O)c1c(O)c([C@H]2O[C@H](CO)[C@@H](O)[C@H](O)[C@H]2O)c(O)c2c1O[C@]1(C2)O[C@H](CO)[C@@H](O)[C@@H]1O. The highest BCUT2D eigenvalue weighted by atomic mass is 16.7. The Morgan fingerprint density at radius 1 is 0.939 bits per heavy atom. The molecular formula is C20H26O13. The molecule has 3 heterocycles. The van der Waals surface area contributed by atoms with Gasteiger partial charge in [-0.25, -0.2) is 0 Å². The van der Waals surface area contributed by atoms with Gasteiger partial charge in [-0.2, -0.15) is 0 Å². The number of fused-ring (bicyclic) bond motifs is 1. The Morgan fingerprint density at radius 2 is 1.58 bits per heavy atom. The standard InChI is InChI=1S/C20H26O13/c1-5(23)9-14(27)10(18-16(29)15(28)12(25)7(3-21)31-18)11(24)6-2-20(33-17(6)9)19(30)13(26)8(4-22)32-20/h7-8,12-13,15-16,18-19,21-22,24-30H,2-4H2,1H3/t7-,8-,12-,13-,15+,16-,18-,19+,20+/m1/s1. The summed E-state index contributed by atoms with van der Waals surface area (Å²) < 4.78 is 16.6. The van der Waals surface area contributed by atoms with Crippen molar-refractivity contribution in [2.75, 3.05) is 13.2 Å². The minimum atomic E-state index is -1.99. The van der Waals surface area contributed by atoms with E-state index < -0.39 is 103 Å². The average molecular weight is 474 g/mol. The summed E-state index contributed by atoms with van der Waals surface area (Å²) in [4.78, 5) is 12.4. The van der Waals surface area contributed by atoms with E-state index in [4.69, 9.17) is 14.2 Å². The molecule has 1 aromatic carbocycles. The fourth-order valence-electron chi connectivity index (χ4n) is 4.68. The molecule has 0 radical (unpaired) electrons. The summed E-state index contributed by atoms with van der Waals surface area (Å²) in [7, 11) is 0. The third-order valence-electron chi connectivity index (χ3n) is 6.45. The van der Waals surface area contributed by atoms with Crippen molar-refractivity contribution in [1.82, 2.24) is 0 Å². The highest BCUT2D eigenvalue weighted by molar-refractivity contribution is 6.01. The van der Waals surface area contributed by atoms with Gasteiger partial charge < -0.3 is 60.2 Å². The lowest BCUT2D eigenvalue weighted by Crippen LogP contribution is -2.55. The second kappa shape index (κ2) is 8.30. The van der Waals surface area contributed by atoms with Crippen molar-refractivity contribution < 1.29 is 65.0 Å². The summed E-state index contributed by atoms with van der Waals surface area (Å²) in [5, 5.41) is 92.0. The van der Waals surface area contributed by atoms with E-state index in [9.17, 15) is 50.8 Å². The molecule has 9 atom stereocenters. The Hall–Kier alpha value is -2.07. The molecule has 3 aliphatic heterocycles. The second-order valence-corrected chi connectivity index (χ2v) is 8.46. The van der Waals surface area contributed by atoms with Crippen molar-refractivity contribution in [3.05, 3.63) is 16.7 Å². The van der Waals surface area contributed by atoms with Crippen LogP contribution in [0.4, 0.5) is 0 Å². The van der Waals surface area contributed by atoms with E-state index in [0.717, 1.165) is 6.92 Å². The van der Waals surface area contributed by atoms with Gasteiger partial charge in [-0.05, 0) is 6.92 Å². The monoisotopic (exact) mass is 474 g/mol. The molecule has 2 fully saturated rings. The minimum Gasteiger partial charge on any atom is -0.507 e. The fourth-order valence-corrected chi connectivity index (χ4v) is 4.68. The van der Waals surface area contributed by atoms with Crippen molar-refractivity contribution in [3.63, 3.8) is 0 Å². The van der Waals surface area contributed by atoms with Crippen LogP contribution < -0.4 is 4.74 Å². The summed E-state index contributed by atoms with van der Waals surface area (Å²) in [6.07, 6.45) is -13.3. The molecule has 2 saturated heterocycles. The maximum Gasteiger partial charge on any atom is 0.244 e. The lowest BCUT2D eigenvalue weighted by molar-refractivity contribution is -0.232. The number of ether oxygens (including phenoxy) is 3. The zero-order valence-corrected chi connectivity index (χ0v) is 17.4. The molecule has 0 aliphatic carbocycles. The fraction of sp³-hybridized carbons (Fsp3) is 0.650. The number of carbonyl (C=O) groups excluding carboxylic acids is 1. The first-order chi connectivity index (χ1) is 15.5. The number of carbonyl (C=O) groups is 1. The van der Waals surface area contributed by atoms with Crippen LogP contribution in [0.5, 0.6) is 17.2 Å². The molecule has 33 heavy (non-hydrogen) atoms.